The third-order valence-corrected chi connectivity index (χ3v) is 4.97. The maximum atomic E-state index is 12.3. The molecule has 0 radical (unpaired) electrons. The van der Waals surface area contributed by atoms with E-state index < -0.39 is 10.0 Å². The monoisotopic (exact) mass is 284 g/mol. The van der Waals surface area contributed by atoms with Gasteiger partial charge in [-0.15, -0.1) is 0 Å². The van der Waals surface area contributed by atoms with E-state index in [1.807, 2.05) is 7.05 Å². The Bertz CT molecular complexity index is 524. The Labute approximate surface area is 114 Å². The van der Waals surface area contributed by atoms with Crippen LogP contribution in [-0.2, 0) is 16.6 Å². The van der Waals surface area contributed by atoms with Gasteiger partial charge >= 0.3 is 0 Å². The summed E-state index contributed by atoms with van der Waals surface area (Å²) in [5, 5.41) is 0. The first-order valence-corrected chi connectivity index (χ1v) is 7.86. The maximum absolute atomic E-state index is 12.3. The third-order valence-electron chi connectivity index (χ3n) is 3.37. The van der Waals surface area contributed by atoms with Gasteiger partial charge in [0.2, 0.25) is 10.0 Å². The summed E-state index contributed by atoms with van der Waals surface area (Å²) >= 11 is 0. The van der Waals surface area contributed by atoms with Crippen LogP contribution in [0.3, 0.4) is 0 Å². The van der Waals surface area contributed by atoms with Crippen molar-refractivity contribution in [2.75, 3.05) is 20.1 Å². The third kappa shape index (κ3) is 3.50. The predicted octanol–water partition coefficient (Wildman–Crippen LogP) is -0.0872. The molecule has 7 heteroatoms. The SMILES string of the molecule is CN1CCC(NS(=O)(=O)c2cccnc2CN)CC1. The van der Waals surface area contributed by atoms with E-state index in [0.29, 0.717) is 5.69 Å². The van der Waals surface area contributed by atoms with E-state index >= 15 is 0 Å². The van der Waals surface area contributed by atoms with Crippen LogP contribution >= 0.6 is 0 Å². The summed E-state index contributed by atoms with van der Waals surface area (Å²) in [5.74, 6) is 0. The molecular formula is C12H20N4O2S. The lowest BCUT2D eigenvalue weighted by Gasteiger charge is -2.29. The summed E-state index contributed by atoms with van der Waals surface area (Å²) in [4.78, 5) is 6.40. The van der Waals surface area contributed by atoms with Gasteiger partial charge in [-0.05, 0) is 45.1 Å². The smallest absolute Gasteiger partial charge is 0.242 e. The van der Waals surface area contributed by atoms with Crippen molar-refractivity contribution in [3.8, 4) is 0 Å². The number of hydrogen-bond donors (Lipinski definition) is 2. The zero-order valence-electron chi connectivity index (χ0n) is 11.0. The molecule has 0 aromatic carbocycles. The van der Waals surface area contributed by atoms with E-state index in [2.05, 4.69) is 14.6 Å². The number of piperidine rings is 1. The molecule has 0 amide bonds. The van der Waals surface area contributed by atoms with Gasteiger partial charge in [-0.2, -0.15) is 0 Å². The predicted molar refractivity (Wildman–Crippen MR) is 73.0 cm³/mol. The van der Waals surface area contributed by atoms with Gasteiger partial charge in [-0.3, -0.25) is 4.98 Å². The second kappa shape index (κ2) is 5.96. The van der Waals surface area contributed by atoms with Crippen molar-refractivity contribution in [3.05, 3.63) is 24.0 Å². The molecule has 1 aliphatic rings. The van der Waals surface area contributed by atoms with Crippen LogP contribution in [0.25, 0.3) is 0 Å². The molecule has 1 fully saturated rings. The van der Waals surface area contributed by atoms with Crippen molar-refractivity contribution in [1.29, 1.82) is 0 Å². The Morgan fingerprint density at radius 2 is 2.16 bits per heavy atom. The molecule has 0 unspecified atom stereocenters. The number of aromatic nitrogens is 1. The lowest BCUT2D eigenvalue weighted by molar-refractivity contribution is 0.248. The van der Waals surface area contributed by atoms with Crippen LogP contribution in [-0.4, -0.2) is 44.5 Å². The van der Waals surface area contributed by atoms with Crippen LogP contribution in [0.2, 0.25) is 0 Å². The van der Waals surface area contributed by atoms with Gasteiger partial charge in [0.25, 0.3) is 0 Å². The number of sulfonamides is 1. The second-order valence-corrected chi connectivity index (χ2v) is 6.53. The minimum atomic E-state index is -3.53. The van der Waals surface area contributed by atoms with Crippen molar-refractivity contribution < 1.29 is 8.42 Å². The molecule has 0 bridgehead atoms. The number of likely N-dealkylation sites (tertiary alicyclic amines) is 1. The van der Waals surface area contributed by atoms with E-state index in [1.165, 1.54) is 0 Å². The Hall–Kier alpha value is -1.02. The largest absolute Gasteiger partial charge is 0.325 e. The van der Waals surface area contributed by atoms with E-state index in [9.17, 15) is 8.42 Å². The first kappa shape index (κ1) is 14.4. The van der Waals surface area contributed by atoms with Crippen molar-refractivity contribution in [3.63, 3.8) is 0 Å². The molecule has 0 spiro atoms. The zero-order chi connectivity index (χ0) is 13.9. The highest BCUT2D eigenvalue weighted by Gasteiger charge is 2.25. The number of hydrogen-bond acceptors (Lipinski definition) is 5. The van der Waals surface area contributed by atoms with Crippen molar-refractivity contribution in [2.24, 2.45) is 5.73 Å². The zero-order valence-corrected chi connectivity index (χ0v) is 11.9. The number of nitrogens with two attached hydrogens (primary N) is 1. The normalized spacial score (nSPS) is 18.6. The van der Waals surface area contributed by atoms with E-state index in [0.717, 1.165) is 25.9 Å². The standard InChI is InChI=1S/C12H20N4O2S/c1-16-7-4-10(5-8-16)15-19(17,18)12-3-2-6-14-11(12)9-13/h2-3,6,10,15H,4-5,7-9,13H2,1H3. The first-order chi connectivity index (χ1) is 9.03. The minimum absolute atomic E-state index is 0.00738. The van der Waals surface area contributed by atoms with Crippen molar-refractivity contribution in [2.45, 2.75) is 30.3 Å². The summed E-state index contributed by atoms with van der Waals surface area (Å²) in [6.07, 6.45) is 3.21. The molecule has 1 aliphatic heterocycles. The van der Waals surface area contributed by atoms with Gasteiger partial charge in [0.1, 0.15) is 4.90 Å². The minimum Gasteiger partial charge on any atom is -0.325 e. The summed E-state index contributed by atoms with van der Waals surface area (Å²) in [6, 6.07) is 3.15. The summed E-state index contributed by atoms with van der Waals surface area (Å²) < 4.78 is 27.4. The van der Waals surface area contributed by atoms with Gasteiger partial charge in [0.05, 0.1) is 5.69 Å². The molecule has 6 nitrogen and oxygen atoms in total. The fourth-order valence-electron chi connectivity index (χ4n) is 2.23. The molecule has 19 heavy (non-hydrogen) atoms. The first-order valence-electron chi connectivity index (χ1n) is 6.38. The highest BCUT2D eigenvalue weighted by atomic mass is 32.2. The van der Waals surface area contributed by atoms with Gasteiger partial charge < -0.3 is 10.6 Å². The van der Waals surface area contributed by atoms with Gasteiger partial charge in [-0.25, -0.2) is 13.1 Å². The van der Waals surface area contributed by atoms with Gasteiger partial charge in [0.15, 0.2) is 0 Å². The highest BCUT2D eigenvalue weighted by molar-refractivity contribution is 7.89. The topological polar surface area (TPSA) is 88.3 Å². The lowest BCUT2D eigenvalue weighted by atomic mass is 10.1. The quantitative estimate of drug-likeness (QED) is 0.807. The number of nitrogens with one attached hydrogen (secondary N) is 1. The highest BCUT2D eigenvalue weighted by Crippen LogP contribution is 2.16. The van der Waals surface area contributed by atoms with Crippen LogP contribution < -0.4 is 10.5 Å². The Kier molecular flexibility index (Phi) is 4.51. The van der Waals surface area contributed by atoms with Crippen LogP contribution in [0.4, 0.5) is 0 Å². The summed E-state index contributed by atoms with van der Waals surface area (Å²) in [5.41, 5.74) is 5.94. The molecule has 2 heterocycles. The maximum Gasteiger partial charge on any atom is 0.242 e. The van der Waals surface area contributed by atoms with E-state index in [-0.39, 0.29) is 17.5 Å². The molecule has 3 N–H and O–H groups in total. The fraction of sp³-hybridized carbons (Fsp3) is 0.583. The average Bonchev–Trinajstić information content (AvgIpc) is 2.41. The van der Waals surface area contributed by atoms with Crippen LogP contribution in [0.5, 0.6) is 0 Å². The van der Waals surface area contributed by atoms with Crippen LogP contribution in [0.1, 0.15) is 18.5 Å². The van der Waals surface area contributed by atoms with Crippen LogP contribution in [0.15, 0.2) is 23.2 Å². The average molecular weight is 284 g/mol. The lowest BCUT2D eigenvalue weighted by Crippen LogP contribution is -2.43. The van der Waals surface area contributed by atoms with Crippen molar-refractivity contribution in [1.82, 2.24) is 14.6 Å². The molecule has 0 aliphatic carbocycles. The number of nitrogens with zero attached hydrogens (tertiary/aromatic N) is 2. The molecular weight excluding hydrogens is 264 g/mol. The van der Waals surface area contributed by atoms with Gasteiger partial charge in [-0.1, -0.05) is 0 Å². The van der Waals surface area contributed by atoms with Crippen molar-refractivity contribution >= 4 is 10.0 Å². The fourth-order valence-corrected chi connectivity index (χ4v) is 3.74. The van der Waals surface area contributed by atoms with E-state index in [4.69, 9.17) is 5.73 Å². The Morgan fingerprint density at radius 3 is 2.79 bits per heavy atom. The van der Waals surface area contributed by atoms with Crippen LogP contribution in [0, 0.1) is 0 Å². The van der Waals surface area contributed by atoms with E-state index in [1.54, 1.807) is 18.3 Å². The molecule has 1 aromatic heterocycles. The molecule has 106 valence electrons. The Balaban J connectivity index is 2.14. The molecule has 1 aromatic rings. The molecule has 0 atom stereocenters. The molecule has 1 saturated heterocycles. The molecule has 0 saturated carbocycles. The summed E-state index contributed by atoms with van der Waals surface area (Å²) in [7, 11) is -1.49. The van der Waals surface area contributed by atoms with Gasteiger partial charge in [0, 0.05) is 18.8 Å². The second-order valence-electron chi connectivity index (χ2n) is 4.85. The molecule has 2 rings (SSSR count). The Morgan fingerprint density at radius 1 is 1.47 bits per heavy atom. The summed E-state index contributed by atoms with van der Waals surface area (Å²) in [6.45, 7) is 1.93. The number of pyridine rings is 1. The number of rotatable bonds is 4.